The number of rotatable bonds is 1. The van der Waals surface area contributed by atoms with Crippen LogP contribution in [0.25, 0.3) is 0 Å². The van der Waals surface area contributed by atoms with Crippen molar-refractivity contribution in [3.05, 3.63) is 77.2 Å². The van der Waals surface area contributed by atoms with Gasteiger partial charge in [-0.1, -0.05) is 48.2 Å². The lowest BCUT2D eigenvalue weighted by molar-refractivity contribution is -0.113. The monoisotopic (exact) mass is 373 g/mol. The van der Waals surface area contributed by atoms with Crippen molar-refractivity contribution in [3.63, 3.8) is 0 Å². The number of allylic oxidation sites excluding steroid dienone is 1. The summed E-state index contributed by atoms with van der Waals surface area (Å²) in [6.45, 7) is 3.56. The molecule has 0 bridgehead atoms. The fourth-order valence-corrected chi connectivity index (χ4v) is 3.92. The number of amides is 1. The summed E-state index contributed by atoms with van der Waals surface area (Å²) in [5.41, 5.74) is 2.17. The molecule has 2 aliphatic rings. The van der Waals surface area contributed by atoms with Gasteiger partial charge in [0.25, 0.3) is 5.91 Å². The first-order valence-electron chi connectivity index (χ1n) is 8.92. The van der Waals surface area contributed by atoms with Crippen LogP contribution >= 0.6 is 11.8 Å². The number of hydrogen-bond acceptors (Lipinski definition) is 4. The van der Waals surface area contributed by atoms with Crippen molar-refractivity contribution in [2.24, 2.45) is 4.99 Å². The van der Waals surface area contributed by atoms with Crippen LogP contribution in [0.2, 0.25) is 0 Å². The molecule has 4 rings (SSSR count). The zero-order valence-electron chi connectivity index (χ0n) is 14.8. The smallest absolute Gasteiger partial charge is 0.286 e. The van der Waals surface area contributed by atoms with Gasteiger partial charge in [0.05, 0.1) is 4.91 Å². The van der Waals surface area contributed by atoms with Crippen molar-refractivity contribution < 1.29 is 4.79 Å². The minimum atomic E-state index is -0.192. The van der Waals surface area contributed by atoms with Gasteiger partial charge in [0.15, 0.2) is 5.17 Å². The predicted molar refractivity (Wildman–Crippen MR) is 112 cm³/mol. The van der Waals surface area contributed by atoms with Crippen molar-refractivity contribution in [3.8, 4) is 11.8 Å². The normalized spacial score (nSPS) is 18.3. The fraction of sp³-hybridized carbons (Fsp3) is 0.182. The Labute approximate surface area is 163 Å². The van der Waals surface area contributed by atoms with E-state index in [4.69, 9.17) is 0 Å². The van der Waals surface area contributed by atoms with Gasteiger partial charge in [-0.15, -0.1) is 0 Å². The van der Waals surface area contributed by atoms with Gasteiger partial charge in [-0.25, -0.2) is 0 Å². The first-order valence-corrected chi connectivity index (χ1v) is 9.74. The number of benzene rings is 2. The quantitative estimate of drug-likeness (QED) is 0.567. The second kappa shape index (κ2) is 8.15. The van der Waals surface area contributed by atoms with E-state index in [1.54, 1.807) is 6.08 Å². The van der Waals surface area contributed by atoms with Crippen molar-refractivity contribution in [1.29, 1.82) is 0 Å². The number of carbonyl (C=O) groups excluding carboxylic acids is 1. The molecule has 0 unspecified atom stereocenters. The van der Waals surface area contributed by atoms with E-state index in [1.807, 2.05) is 36.4 Å². The van der Waals surface area contributed by atoms with Crippen molar-refractivity contribution in [1.82, 2.24) is 4.90 Å². The van der Waals surface area contributed by atoms with Crippen molar-refractivity contribution in [2.45, 2.75) is 0 Å². The summed E-state index contributed by atoms with van der Waals surface area (Å²) in [6.07, 6.45) is 1.68. The summed E-state index contributed by atoms with van der Waals surface area (Å²) < 4.78 is 0. The second-order valence-electron chi connectivity index (χ2n) is 6.26. The topological polar surface area (TPSA) is 35.9 Å². The fourth-order valence-electron chi connectivity index (χ4n) is 3.03. The summed E-state index contributed by atoms with van der Waals surface area (Å²) in [6, 6.07) is 20.2. The molecular formula is C22H19N3OS. The highest BCUT2D eigenvalue weighted by atomic mass is 32.2. The Balaban J connectivity index is 1.36. The number of nitrogens with zero attached hydrogens (tertiary/aromatic N) is 3. The Morgan fingerprint density at radius 3 is 2.22 bits per heavy atom. The molecule has 0 N–H and O–H groups in total. The average molecular weight is 373 g/mol. The molecule has 2 heterocycles. The standard InChI is InChI=1S/C22H19N3OS/c26-21-20(13-7-10-18-8-3-1-4-9-18)27-22(23-21)25-16-14-24(15-17-25)19-11-5-2-6-12-19/h1-6,8-9,11-13H,14-17H2/b20-13+. The summed E-state index contributed by atoms with van der Waals surface area (Å²) >= 11 is 1.42. The number of anilines is 1. The lowest BCUT2D eigenvalue weighted by Gasteiger charge is -2.36. The minimum Gasteiger partial charge on any atom is -0.368 e. The zero-order chi connectivity index (χ0) is 18.5. The Kier molecular flexibility index (Phi) is 5.27. The molecule has 1 saturated heterocycles. The van der Waals surface area contributed by atoms with Crippen LogP contribution in [0.5, 0.6) is 0 Å². The molecule has 5 heteroatoms. The van der Waals surface area contributed by atoms with E-state index in [2.05, 4.69) is 50.9 Å². The molecule has 2 aromatic carbocycles. The van der Waals surface area contributed by atoms with Gasteiger partial charge >= 0.3 is 0 Å². The molecule has 2 aliphatic heterocycles. The maximum atomic E-state index is 12.2. The highest BCUT2D eigenvalue weighted by molar-refractivity contribution is 8.18. The van der Waals surface area contributed by atoms with Gasteiger partial charge in [-0.05, 0) is 36.0 Å². The minimum absolute atomic E-state index is 0.192. The first kappa shape index (κ1) is 17.4. The Morgan fingerprint density at radius 1 is 0.889 bits per heavy atom. The van der Waals surface area contributed by atoms with Gasteiger partial charge in [-0.3, -0.25) is 4.79 Å². The van der Waals surface area contributed by atoms with E-state index in [0.717, 1.165) is 36.9 Å². The lowest BCUT2D eigenvalue weighted by Crippen LogP contribution is -2.47. The SMILES string of the molecule is O=C1N=C(N2CCN(c3ccccc3)CC2)S/C1=C/C#Cc1ccccc1. The van der Waals surface area contributed by atoms with Crippen LogP contribution in [0.1, 0.15) is 5.56 Å². The van der Waals surface area contributed by atoms with Crippen LogP contribution in [0.3, 0.4) is 0 Å². The second-order valence-corrected chi connectivity index (χ2v) is 7.26. The largest absolute Gasteiger partial charge is 0.368 e. The molecule has 2 aromatic rings. The Morgan fingerprint density at radius 2 is 1.52 bits per heavy atom. The maximum absolute atomic E-state index is 12.2. The molecule has 134 valence electrons. The average Bonchev–Trinajstić information content (AvgIpc) is 3.10. The van der Waals surface area contributed by atoms with E-state index in [9.17, 15) is 4.79 Å². The molecule has 0 spiro atoms. The molecule has 0 atom stereocenters. The van der Waals surface area contributed by atoms with Gasteiger partial charge in [0.2, 0.25) is 0 Å². The van der Waals surface area contributed by atoms with E-state index < -0.39 is 0 Å². The number of amidine groups is 1. The third-order valence-electron chi connectivity index (χ3n) is 4.47. The summed E-state index contributed by atoms with van der Waals surface area (Å²) in [4.78, 5) is 21.5. The highest BCUT2D eigenvalue weighted by Gasteiger charge is 2.28. The molecule has 27 heavy (non-hydrogen) atoms. The van der Waals surface area contributed by atoms with Gasteiger partial charge in [-0.2, -0.15) is 4.99 Å². The van der Waals surface area contributed by atoms with Gasteiger partial charge < -0.3 is 9.80 Å². The van der Waals surface area contributed by atoms with Crippen molar-refractivity contribution in [2.75, 3.05) is 31.1 Å². The van der Waals surface area contributed by atoms with Crippen LogP contribution in [0, 0.1) is 11.8 Å². The molecular weight excluding hydrogens is 354 g/mol. The summed E-state index contributed by atoms with van der Waals surface area (Å²) in [5, 5.41) is 0.792. The van der Waals surface area contributed by atoms with Crippen LogP contribution in [-0.2, 0) is 4.79 Å². The number of thioether (sulfide) groups is 1. The Bertz CT molecular complexity index is 934. The van der Waals surface area contributed by atoms with E-state index in [1.165, 1.54) is 17.4 Å². The Hall–Kier alpha value is -2.97. The molecule has 0 aromatic heterocycles. The van der Waals surface area contributed by atoms with Gasteiger partial charge in [0.1, 0.15) is 0 Å². The van der Waals surface area contributed by atoms with E-state index >= 15 is 0 Å². The molecule has 0 aliphatic carbocycles. The van der Waals surface area contributed by atoms with Crippen LogP contribution in [0.4, 0.5) is 5.69 Å². The van der Waals surface area contributed by atoms with Crippen LogP contribution in [0.15, 0.2) is 76.6 Å². The zero-order valence-corrected chi connectivity index (χ0v) is 15.7. The lowest BCUT2D eigenvalue weighted by atomic mass is 10.2. The number of hydrogen-bond donors (Lipinski definition) is 0. The summed E-state index contributed by atoms with van der Waals surface area (Å²) in [7, 11) is 0. The molecule has 1 fully saturated rings. The van der Waals surface area contributed by atoms with E-state index in [-0.39, 0.29) is 5.91 Å². The third-order valence-corrected chi connectivity index (χ3v) is 5.52. The first-order chi connectivity index (χ1) is 13.3. The number of carbonyl (C=O) groups is 1. The van der Waals surface area contributed by atoms with Crippen LogP contribution < -0.4 is 4.90 Å². The van der Waals surface area contributed by atoms with Crippen LogP contribution in [-0.4, -0.2) is 42.2 Å². The summed E-state index contributed by atoms with van der Waals surface area (Å²) in [5.74, 6) is 5.83. The predicted octanol–water partition coefficient (Wildman–Crippen LogP) is 3.37. The number of aliphatic imine (C=N–C) groups is 1. The molecule has 1 amide bonds. The molecule has 0 saturated carbocycles. The van der Waals surface area contributed by atoms with E-state index in [0.29, 0.717) is 4.91 Å². The number of para-hydroxylation sites is 1. The third kappa shape index (κ3) is 4.24. The maximum Gasteiger partial charge on any atom is 0.286 e. The van der Waals surface area contributed by atoms with Crippen molar-refractivity contribution >= 4 is 28.5 Å². The van der Waals surface area contributed by atoms with Gasteiger partial charge in [0, 0.05) is 43.5 Å². The molecule has 4 nitrogen and oxygen atoms in total. The molecule has 0 radical (unpaired) electrons. The highest BCUT2D eigenvalue weighted by Crippen LogP contribution is 2.29. The number of piperazine rings is 1.